The molecule has 0 spiro atoms. The van der Waals surface area contributed by atoms with E-state index in [9.17, 15) is 19.7 Å². The van der Waals surface area contributed by atoms with Gasteiger partial charge in [-0.3, -0.25) is 19.4 Å². The first-order valence-electron chi connectivity index (χ1n) is 8.28. The van der Waals surface area contributed by atoms with E-state index >= 15 is 0 Å². The number of amides is 1. The van der Waals surface area contributed by atoms with Crippen molar-refractivity contribution in [2.75, 3.05) is 5.32 Å². The molecule has 3 aromatic rings. The Balaban J connectivity index is 1.76. The minimum atomic E-state index is -0.622. The number of non-ortho nitro benzene ring substituents is 1. The van der Waals surface area contributed by atoms with Crippen LogP contribution in [0.4, 0.5) is 11.4 Å². The van der Waals surface area contributed by atoms with Crippen molar-refractivity contribution in [3.05, 3.63) is 74.6 Å². The van der Waals surface area contributed by atoms with Crippen molar-refractivity contribution >= 4 is 29.0 Å². The van der Waals surface area contributed by atoms with E-state index in [1.807, 2.05) is 18.2 Å². The lowest BCUT2D eigenvalue weighted by Gasteiger charge is -2.11. The number of benzene rings is 2. The van der Waals surface area contributed by atoms with E-state index in [-0.39, 0.29) is 16.6 Å². The highest BCUT2D eigenvalue weighted by Crippen LogP contribution is 2.24. The van der Waals surface area contributed by atoms with Crippen LogP contribution in [0, 0.1) is 17.0 Å². The number of aromatic amines is 1. The number of nitro groups is 1. The number of rotatable bonds is 6. The maximum atomic E-state index is 12.6. The Morgan fingerprint density at radius 3 is 2.64 bits per heavy atom. The molecule has 0 radical (unpaired) electrons. The minimum Gasteiger partial charge on any atom is -0.325 e. The lowest BCUT2D eigenvalue weighted by Crippen LogP contribution is -2.37. The summed E-state index contributed by atoms with van der Waals surface area (Å²) in [5, 5.41) is 15.7. The molecule has 10 heteroatoms. The van der Waals surface area contributed by atoms with Crippen molar-refractivity contribution in [2.45, 2.75) is 24.1 Å². The topological polar surface area (TPSA) is 122 Å². The van der Waals surface area contributed by atoms with Gasteiger partial charge in [-0.05, 0) is 47.2 Å². The highest BCUT2D eigenvalue weighted by atomic mass is 32.2. The van der Waals surface area contributed by atoms with Crippen LogP contribution in [0.15, 0.2) is 62.9 Å². The van der Waals surface area contributed by atoms with Gasteiger partial charge in [-0.2, -0.15) is 0 Å². The number of H-pyrrole nitrogens is 1. The molecule has 0 bridgehead atoms. The van der Waals surface area contributed by atoms with Crippen molar-refractivity contribution in [3.8, 4) is 5.69 Å². The van der Waals surface area contributed by atoms with E-state index in [1.165, 1.54) is 22.9 Å². The largest absolute Gasteiger partial charge is 0.442 e. The monoisotopic (exact) mass is 401 g/mol. The zero-order valence-corrected chi connectivity index (χ0v) is 15.9. The summed E-state index contributed by atoms with van der Waals surface area (Å²) in [5.74, 6) is -0.345. The number of aromatic nitrogens is 2. The second kappa shape index (κ2) is 8.09. The van der Waals surface area contributed by atoms with Gasteiger partial charge < -0.3 is 5.32 Å². The van der Waals surface area contributed by atoms with Crippen LogP contribution in [0.3, 0.4) is 0 Å². The van der Waals surface area contributed by atoms with E-state index in [2.05, 4.69) is 10.6 Å². The predicted molar refractivity (Wildman–Crippen MR) is 103 cm³/mol. The van der Waals surface area contributed by atoms with Gasteiger partial charge >= 0.3 is 10.7 Å². The van der Waals surface area contributed by atoms with Gasteiger partial charge in [-0.15, -0.1) is 0 Å². The van der Waals surface area contributed by atoms with E-state index in [0.717, 1.165) is 11.8 Å². The summed E-state index contributed by atoms with van der Waals surface area (Å²) < 4.78 is 6.34. The van der Waals surface area contributed by atoms with E-state index in [1.54, 1.807) is 26.0 Å². The number of hydrogen-bond donors (Lipinski definition) is 2. The summed E-state index contributed by atoms with van der Waals surface area (Å²) in [6, 6.07) is 13.3. The fourth-order valence-corrected chi connectivity index (χ4v) is 3.36. The van der Waals surface area contributed by atoms with E-state index in [4.69, 9.17) is 4.52 Å². The van der Waals surface area contributed by atoms with Crippen molar-refractivity contribution in [1.29, 1.82) is 0 Å². The van der Waals surface area contributed by atoms with E-state index in [0.29, 0.717) is 16.9 Å². The van der Waals surface area contributed by atoms with Crippen molar-refractivity contribution < 1.29 is 18.9 Å². The maximum absolute atomic E-state index is 12.6. The second-order valence-corrected chi connectivity index (χ2v) is 7.29. The molecule has 0 aliphatic carbocycles. The number of nitrogens with zero attached hydrogens (tertiary/aromatic N) is 2. The molecular weight excluding hydrogens is 384 g/mol. The van der Waals surface area contributed by atoms with Crippen LogP contribution in [0.5, 0.6) is 0 Å². The zero-order chi connectivity index (χ0) is 20.3. The quantitative estimate of drug-likeness (QED) is 0.283. The molecule has 0 fully saturated rings. The minimum absolute atomic E-state index is 0.0493. The Hall–Kier alpha value is -3.40. The molecule has 1 amide bonds. The smallest absolute Gasteiger partial charge is 0.325 e. The zero-order valence-electron chi connectivity index (χ0n) is 15.0. The van der Waals surface area contributed by atoms with E-state index < -0.39 is 15.8 Å². The summed E-state index contributed by atoms with van der Waals surface area (Å²) >= 11 is 1.04. The Morgan fingerprint density at radius 1 is 1.29 bits per heavy atom. The number of nitrogens with one attached hydrogen (secondary N) is 2. The first-order chi connectivity index (χ1) is 13.4. The average molecular weight is 401 g/mol. The molecule has 1 aromatic heterocycles. The number of carbonyl (C=O) groups is 1. The lowest BCUT2D eigenvalue weighted by molar-refractivity contribution is -0.704. The third kappa shape index (κ3) is 4.12. The lowest BCUT2D eigenvalue weighted by atomic mass is 10.2. The van der Waals surface area contributed by atoms with Gasteiger partial charge in [0.05, 0.1) is 10.2 Å². The second-order valence-electron chi connectivity index (χ2n) is 5.96. The third-order valence-electron chi connectivity index (χ3n) is 3.96. The van der Waals surface area contributed by atoms with Crippen LogP contribution in [0.25, 0.3) is 5.69 Å². The first kappa shape index (κ1) is 19.4. The molecule has 2 aromatic carbocycles. The molecular formula is C18H17N4O5S+. The molecule has 0 aliphatic rings. The Labute approximate surface area is 163 Å². The van der Waals surface area contributed by atoms with Crippen LogP contribution < -0.4 is 15.6 Å². The SMILES string of the molecule is Cc1cc([N+](=O)[O-])ccc1NC(=O)C(C)Sc1c(=O)o[nH][n+]1-c1ccccc1. The average Bonchev–Trinajstić information content (AvgIpc) is 3.04. The standard InChI is InChI=1S/C18H16N4O5S/c1-11-10-14(22(25)26)8-9-15(11)19-16(23)12(2)28-17-18(24)27-20-21(17)13-6-4-3-5-7-13/h3-10,12H,1-2H3,(H-,19,20,23,24)/p+1. The molecule has 0 saturated heterocycles. The summed E-state index contributed by atoms with van der Waals surface area (Å²) in [4.78, 5) is 34.9. The van der Waals surface area contributed by atoms with Gasteiger partial charge in [0.1, 0.15) is 0 Å². The number of aryl methyl sites for hydroxylation is 1. The molecule has 0 saturated carbocycles. The fourth-order valence-electron chi connectivity index (χ4n) is 2.47. The highest BCUT2D eigenvalue weighted by Gasteiger charge is 2.29. The summed E-state index contributed by atoms with van der Waals surface area (Å²) in [7, 11) is 0. The normalized spacial score (nSPS) is 11.8. The molecule has 9 nitrogen and oxygen atoms in total. The summed E-state index contributed by atoms with van der Waals surface area (Å²) in [6.45, 7) is 3.33. The molecule has 144 valence electrons. The highest BCUT2D eigenvalue weighted by molar-refractivity contribution is 8.00. The van der Waals surface area contributed by atoms with Gasteiger partial charge in [0.25, 0.3) is 5.69 Å². The number of anilines is 1. The Morgan fingerprint density at radius 2 is 2.00 bits per heavy atom. The van der Waals surface area contributed by atoms with Gasteiger partial charge in [0.2, 0.25) is 11.6 Å². The van der Waals surface area contributed by atoms with Gasteiger partial charge in [-0.1, -0.05) is 18.2 Å². The predicted octanol–water partition coefficient (Wildman–Crippen LogP) is 2.58. The number of para-hydroxylation sites is 1. The van der Waals surface area contributed by atoms with Crippen LogP contribution >= 0.6 is 11.8 Å². The van der Waals surface area contributed by atoms with Crippen molar-refractivity contribution in [2.24, 2.45) is 0 Å². The first-order valence-corrected chi connectivity index (χ1v) is 9.16. The number of thioether (sulfide) groups is 1. The molecule has 2 N–H and O–H groups in total. The summed E-state index contributed by atoms with van der Waals surface area (Å²) in [6.07, 6.45) is 0. The number of nitro benzene ring substituents is 1. The maximum Gasteiger partial charge on any atom is 0.442 e. The molecule has 1 atom stereocenters. The molecule has 1 unspecified atom stereocenters. The number of hydrogen-bond acceptors (Lipinski definition) is 6. The Kier molecular flexibility index (Phi) is 5.59. The van der Waals surface area contributed by atoms with Gasteiger partial charge in [0, 0.05) is 30.0 Å². The number of carbonyl (C=O) groups excluding carboxylic acids is 1. The molecule has 0 aliphatic heterocycles. The molecule has 3 rings (SSSR count). The van der Waals surface area contributed by atoms with Crippen molar-refractivity contribution in [1.82, 2.24) is 5.27 Å². The fraction of sp³-hybridized carbons (Fsp3) is 0.167. The molecule has 28 heavy (non-hydrogen) atoms. The van der Waals surface area contributed by atoms with Crippen LogP contribution in [0.1, 0.15) is 12.5 Å². The van der Waals surface area contributed by atoms with Crippen LogP contribution in [0.2, 0.25) is 0 Å². The van der Waals surface area contributed by atoms with Crippen LogP contribution in [-0.2, 0) is 4.79 Å². The van der Waals surface area contributed by atoms with Crippen LogP contribution in [-0.4, -0.2) is 21.4 Å². The molecule has 1 heterocycles. The summed E-state index contributed by atoms with van der Waals surface area (Å²) in [5.41, 5.74) is 1.10. The Bertz CT molecular complexity index is 1080. The third-order valence-corrected chi connectivity index (χ3v) is 5.10. The van der Waals surface area contributed by atoms with Crippen molar-refractivity contribution in [3.63, 3.8) is 0 Å². The van der Waals surface area contributed by atoms with Gasteiger partial charge in [0.15, 0.2) is 0 Å². The van der Waals surface area contributed by atoms with Gasteiger partial charge in [-0.25, -0.2) is 4.79 Å².